The van der Waals surface area contributed by atoms with Crippen molar-refractivity contribution in [1.82, 2.24) is 0 Å². The van der Waals surface area contributed by atoms with Crippen LogP contribution in [0.5, 0.6) is 0 Å². The van der Waals surface area contributed by atoms with Gasteiger partial charge in [-0.1, -0.05) is 25.3 Å². The molecule has 0 unspecified atom stereocenters. The first-order valence-corrected chi connectivity index (χ1v) is 4.16. The van der Waals surface area contributed by atoms with Gasteiger partial charge in [-0.2, -0.15) is 0 Å². The summed E-state index contributed by atoms with van der Waals surface area (Å²) in [4.78, 5) is 22.6. The van der Waals surface area contributed by atoms with Crippen molar-refractivity contribution in [2.45, 2.75) is 0 Å². The number of carbonyl (C=O) groups excluding carboxylic acids is 2. The van der Waals surface area contributed by atoms with Crippen LogP contribution >= 0.6 is 0 Å². The zero-order chi connectivity index (χ0) is 11.4. The van der Waals surface area contributed by atoms with Gasteiger partial charge in [0.05, 0.1) is 7.11 Å². The van der Waals surface area contributed by atoms with Crippen molar-refractivity contribution in [2.75, 3.05) is 7.11 Å². The van der Waals surface area contributed by atoms with E-state index in [0.29, 0.717) is 5.57 Å². The number of methoxy groups -OCH3 is 1. The molecule has 0 saturated heterocycles. The van der Waals surface area contributed by atoms with E-state index >= 15 is 0 Å². The summed E-state index contributed by atoms with van der Waals surface area (Å²) in [5.74, 6) is -1.21. The van der Waals surface area contributed by atoms with Gasteiger partial charge in [0.15, 0.2) is 5.57 Å². The van der Waals surface area contributed by atoms with Gasteiger partial charge in [0, 0.05) is 5.57 Å². The predicted molar refractivity (Wildman–Crippen MR) is 53.6 cm³/mol. The third kappa shape index (κ3) is 1.88. The molecule has 0 N–H and O–H groups in total. The lowest BCUT2D eigenvalue weighted by Crippen LogP contribution is -2.12. The Morgan fingerprint density at radius 2 is 2.13 bits per heavy atom. The third-order valence-electron chi connectivity index (χ3n) is 1.80. The van der Waals surface area contributed by atoms with Gasteiger partial charge < -0.3 is 9.47 Å². The maximum Gasteiger partial charge on any atom is 0.351 e. The van der Waals surface area contributed by atoms with Gasteiger partial charge >= 0.3 is 11.9 Å². The Kier molecular flexibility index (Phi) is 3.23. The number of ether oxygens (including phenoxy) is 2. The topological polar surface area (TPSA) is 52.6 Å². The predicted octanol–water partition coefficient (Wildman–Crippen LogP) is 1.27. The minimum atomic E-state index is -0.734. The van der Waals surface area contributed by atoms with Crippen molar-refractivity contribution < 1.29 is 19.1 Å². The van der Waals surface area contributed by atoms with Crippen LogP contribution in [-0.4, -0.2) is 19.0 Å². The number of cyclic esters (lactones) is 1. The van der Waals surface area contributed by atoms with E-state index in [0.717, 1.165) is 0 Å². The highest BCUT2D eigenvalue weighted by molar-refractivity contribution is 6.17. The molecular formula is C11H10O4. The van der Waals surface area contributed by atoms with E-state index < -0.39 is 11.9 Å². The van der Waals surface area contributed by atoms with E-state index in [-0.39, 0.29) is 11.3 Å². The molecule has 0 aliphatic carbocycles. The molecule has 0 radical (unpaired) electrons. The fourth-order valence-electron chi connectivity index (χ4n) is 1.17. The summed E-state index contributed by atoms with van der Waals surface area (Å²) >= 11 is 0. The zero-order valence-corrected chi connectivity index (χ0v) is 8.28. The molecule has 1 aliphatic heterocycles. The largest absolute Gasteiger partial charge is 0.465 e. The summed E-state index contributed by atoms with van der Waals surface area (Å²) in [7, 11) is 1.19. The minimum absolute atomic E-state index is 0.138. The highest BCUT2D eigenvalue weighted by atomic mass is 16.6. The number of carbonyl (C=O) groups is 2. The van der Waals surface area contributed by atoms with Crippen molar-refractivity contribution >= 4 is 11.9 Å². The average Bonchev–Trinajstić information content (AvgIpc) is 2.54. The van der Waals surface area contributed by atoms with Crippen LogP contribution in [0.25, 0.3) is 0 Å². The van der Waals surface area contributed by atoms with Gasteiger partial charge in [0.2, 0.25) is 0 Å². The number of hydrogen-bond donors (Lipinski definition) is 0. The monoisotopic (exact) mass is 206 g/mol. The fourth-order valence-corrected chi connectivity index (χ4v) is 1.17. The Hall–Kier alpha value is -2.10. The molecule has 0 fully saturated rings. The molecule has 0 bridgehead atoms. The Morgan fingerprint density at radius 3 is 2.60 bits per heavy atom. The second kappa shape index (κ2) is 4.41. The van der Waals surface area contributed by atoms with Crippen molar-refractivity contribution in [1.29, 1.82) is 0 Å². The standard InChI is InChI=1S/C11H10O4/c1-4-6-8-7(5-2)9(10(12)14-3)11(13)15-8/h4-6H,1-2H2,3H3/b8-6+. The maximum absolute atomic E-state index is 11.3. The molecule has 0 saturated carbocycles. The number of esters is 2. The number of hydrogen-bond acceptors (Lipinski definition) is 4. The lowest BCUT2D eigenvalue weighted by Gasteiger charge is -1.96. The lowest BCUT2D eigenvalue weighted by molar-refractivity contribution is -0.141. The van der Waals surface area contributed by atoms with Gasteiger partial charge in [0.25, 0.3) is 0 Å². The molecule has 1 aliphatic rings. The molecule has 4 heteroatoms. The summed E-state index contributed by atoms with van der Waals surface area (Å²) in [6, 6.07) is 0. The van der Waals surface area contributed by atoms with E-state index in [2.05, 4.69) is 17.9 Å². The Labute approximate surface area is 87.2 Å². The first-order valence-electron chi connectivity index (χ1n) is 4.16. The summed E-state index contributed by atoms with van der Waals surface area (Å²) < 4.78 is 9.31. The van der Waals surface area contributed by atoms with E-state index in [1.807, 2.05) is 0 Å². The van der Waals surface area contributed by atoms with Gasteiger partial charge in [-0.15, -0.1) is 0 Å². The summed E-state index contributed by atoms with van der Waals surface area (Å²) in [6.45, 7) is 6.97. The second-order valence-electron chi connectivity index (χ2n) is 2.64. The van der Waals surface area contributed by atoms with Crippen LogP contribution in [0.1, 0.15) is 0 Å². The molecule has 0 amide bonds. The third-order valence-corrected chi connectivity index (χ3v) is 1.80. The maximum atomic E-state index is 11.3. The highest BCUT2D eigenvalue weighted by Crippen LogP contribution is 2.27. The normalized spacial score (nSPS) is 17.7. The molecule has 15 heavy (non-hydrogen) atoms. The molecule has 0 aromatic carbocycles. The molecular weight excluding hydrogens is 196 g/mol. The molecule has 4 nitrogen and oxygen atoms in total. The average molecular weight is 206 g/mol. The molecule has 1 rings (SSSR count). The van der Waals surface area contributed by atoms with Gasteiger partial charge in [-0.25, -0.2) is 9.59 Å². The van der Waals surface area contributed by atoms with Crippen LogP contribution in [0, 0.1) is 0 Å². The second-order valence-corrected chi connectivity index (χ2v) is 2.64. The van der Waals surface area contributed by atoms with Crippen molar-refractivity contribution in [2.24, 2.45) is 0 Å². The molecule has 0 atom stereocenters. The quantitative estimate of drug-likeness (QED) is 0.515. The van der Waals surface area contributed by atoms with Crippen LogP contribution in [-0.2, 0) is 19.1 Å². The Morgan fingerprint density at radius 1 is 1.47 bits per heavy atom. The van der Waals surface area contributed by atoms with Crippen LogP contribution < -0.4 is 0 Å². The lowest BCUT2D eigenvalue weighted by atomic mass is 10.1. The molecule has 1 heterocycles. The first kappa shape index (κ1) is 11.0. The van der Waals surface area contributed by atoms with Gasteiger partial charge in [0.1, 0.15) is 5.76 Å². The molecule has 0 spiro atoms. The minimum Gasteiger partial charge on any atom is -0.465 e. The number of rotatable bonds is 3. The van der Waals surface area contributed by atoms with Crippen LogP contribution in [0.4, 0.5) is 0 Å². The van der Waals surface area contributed by atoms with Crippen LogP contribution in [0.2, 0.25) is 0 Å². The van der Waals surface area contributed by atoms with Crippen LogP contribution in [0.15, 0.2) is 48.3 Å². The zero-order valence-electron chi connectivity index (χ0n) is 8.28. The molecule has 0 aromatic heterocycles. The summed E-state index contributed by atoms with van der Waals surface area (Å²) in [5, 5.41) is 0. The van der Waals surface area contributed by atoms with Crippen molar-refractivity contribution in [3.63, 3.8) is 0 Å². The smallest absolute Gasteiger partial charge is 0.351 e. The van der Waals surface area contributed by atoms with Gasteiger partial charge in [-0.05, 0) is 6.08 Å². The Balaban J connectivity index is 3.28. The van der Waals surface area contributed by atoms with Crippen molar-refractivity contribution in [3.05, 3.63) is 48.3 Å². The van der Waals surface area contributed by atoms with E-state index in [4.69, 9.17) is 4.74 Å². The first-order chi connectivity index (χ1) is 7.15. The molecule has 78 valence electrons. The molecule has 0 aromatic rings. The fraction of sp³-hybridized carbons (Fsp3) is 0.0909. The van der Waals surface area contributed by atoms with Crippen LogP contribution in [0.3, 0.4) is 0 Å². The number of allylic oxidation sites excluding steroid dienone is 3. The van der Waals surface area contributed by atoms with E-state index in [1.54, 1.807) is 0 Å². The highest BCUT2D eigenvalue weighted by Gasteiger charge is 2.33. The SMILES string of the molecule is C=C/C=C1/OC(=O)C(C(=O)OC)=C1C=C. The van der Waals surface area contributed by atoms with E-state index in [1.165, 1.54) is 25.3 Å². The van der Waals surface area contributed by atoms with Crippen molar-refractivity contribution in [3.8, 4) is 0 Å². The Bertz CT molecular complexity index is 399. The summed E-state index contributed by atoms with van der Waals surface area (Å²) in [5.41, 5.74) is 0.187. The van der Waals surface area contributed by atoms with E-state index in [9.17, 15) is 9.59 Å². The van der Waals surface area contributed by atoms with Gasteiger partial charge in [-0.3, -0.25) is 0 Å². The summed E-state index contributed by atoms with van der Waals surface area (Å²) in [6.07, 6.45) is 4.30.